The number of guanidine groups is 1. The topological polar surface area (TPSA) is 69.9 Å². The fourth-order valence-corrected chi connectivity index (χ4v) is 3.85. The number of piperidine rings is 1. The molecule has 1 amide bonds. The van der Waals surface area contributed by atoms with E-state index in [1.807, 2.05) is 30.9 Å². The fraction of sp³-hybridized carbons (Fsp3) is 0.750. The van der Waals surface area contributed by atoms with Crippen molar-refractivity contribution < 1.29 is 9.21 Å². The molecule has 0 aromatic carbocycles. The molecule has 1 atom stereocenters. The molecule has 1 aliphatic heterocycles. The third kappa shape index (κ3) is 10.3. The van der Waals surface area contributed by atoms with Gasteiger partial charge in [0.25, 0.3) is 0 Å². The van der Waals surface area contributed by atoms with Crippen LogP contribution in [0.4, 0.5) is 0 Å². The Kier molecular flexibility index (Phi) is 13.9. The van der Waals surface area contributed by atoms with Gasteiger partial charge in [-0.3, -0.25) is 9.79 Å². The van der Waals surface area contributed by atoms with E-state index in [1.165, 1.54) is 25.7 Å². The van der Waals surface area contributed by atoms with Crippen LogP contribution >= 0.6 is 24.0 Å². The van der Waals surface area contributed by atoms with Gasteiger partial charge in [-0.15, -0.1) is 24.0 Å². The van der Waals surface area contributed by atoms with Gasteiger partial charge in [0, 0.05) is 44.6 Å². The first-order valence-corrected chi connectivity index (χ1v) is 11.9. The van der Waals surface area contributed by atoms with Crippen LogP contribution in [0.15, 0.2) is 27.8 Å². The molecule has 1 aromatic rings. The normalized spacial score (nSPS) is 16.2. The second-order valence-corrected chi connectivity index (χ2v) is 8.76. The average Bonchev–Trinajstić information content (AvgIpc) is 3.27. The van der Waals surface area contributed by atoms with E-state index in [4.69, 9.17) is 9.41 Å². The van der Waals surface area contributed by atoms with Crippen LogP contribution in [-0.2, 0) is 11.2 Å². The van der Waals surface area contributed by atoms with Gasteiger partial charge in [0.05, 0.1) is 6.26 Å². The number of likely N-dealkylation sites (tertiary alicyclic amines) is 1. The molecule has 1 saturated heterocycles. The second-order valence-electron chi connectivity index (χ2n) is 8.76. The Morgan fingerprint density at radius 3 is 2.61 bits per heavy atom. The molecule has 2 rings (SSSR count). The number of hydrogen-bond donors (Lipinski definition) is 2. The van der Waals surface area contributed by atoms with Crippen molar-refractivity contribution in [3.05, 3.63) is 24.2 Å². The Morgan fingerprint density at radius 1 is 1.29 bits per heavy atom. The van der Waals surface area contributed by atoms with Crippen molar-refractivity contribution >= 4 is 35.8 Å². The summed E-state index contributed by atoms with van der Waals surface area (Å²) in [7, 11) is 0. The third-order valence-electron chi connectivity index (χ3n) is 5.94. The summed E-state index contributed by atoms with van der Waals surface area (Å²) >= 11 is 0. The quantitative estimate of drug-likeness (QED) is 0.237. The van der Waals surface area contributed by atoms with E-state index in [9.17, 15) is 4.79 Å². The van der Waals surface area contributed by atoms with Gasteiger partial charge in [-0.1, -0.05) is 47.0 Å². The van der Waals surface area contributed by atoms with Gasteiger partial charge >= 0.3 is 0 Å². The molecular formula is C24H43IN4O2. The highest BCUT2D eigenvalue weighted by molar-refractivity contribution is 14.0. The molecule has 6 nitrogen and oxygen atoms in total. The number of carbonyl (C=O) groups excluding carboxylic acids is 1. The summed E-state index contributed by atoms with van der Waals surface area (Å²) in [5, 5.41) is 7.12. The van der Waals surface area contributed by atoms with Crippen LogP contribution in [-0.4, -0.2) is 49.0 Å². The van der Waals surface area contributed by atoms with Gasteiger partial charge in [0.15, 0.2) is 5.96 Å². The van der Waals surface area contributed by atoms with E-state index in [1.54, 1.807) is 6.26 Å². The Labute approximate surface area is 206 Å². The van der Waals surface area contributed by atoms with Crippen molar-refractivity contribution in [3.8, 4) is 0 Å². The molecule has 31 heavy (non-hydrogen) atoms. The zero-order valence-electron chi connectivity index (χ0n) is 19.9. The number of rotatable bonds is 11. The Balaban J connectivity index is 0.00000480. The van der Waals surface area contributed by atoms with Gasteiger partial charge in [-0.25, -0.2) is 0 Å². The van der Waals surface area contributed by atoms with Crippen LogP contribution in [0.25, 0.3) is 0 Å². The van der Waals surface area contributed by atoms with Crippen LogP contribution in [0, 0.1) is 11.8 Å². The van der Waals surface area contributed by atoms with Crippen molar-refractivity contribution in [3.63, 3.8) is 0 Å². The number of furan rings is 1. The monoisotopic (exact) mass is 546 g/mol. The third-order valence-corrected chi connectivity index (χ3v) is 5.94. The number of nitrogens with zero attached hydrogens (tertiary/aromatic N) is 2. The maximum Gasteiger partial charge on any atom is 0.225 e. The fourth-order valence-electron chi connectivity index (χ4n) is 3.85. The molecule has 2 heterocycles. The van der Waals surface area contributed by atoms with Crippen molar-refractivity contribution in [2.75, 3.05) is 26.2 Å². The highest BCUT2D eigenvalue weighted by atomic mass is 127. The first-order valence-electron chi connectivity index (χ1n) is 11.9. The van der Waals surface area contributed by atoms with Gasteiger partial charge in [0.1, 0.15) is 5.76 Å². The zero-order chi connectivity index (χ0) is 21.8. The summed E-state index contributed by atoms with van der Waals surface area (Å²) in [6, 6.07) is 4.28. The molecule has 0 bridgehead atoms. The van der Waals surface area contributed by atoms with E-state index in [2.05, 4.69) is 24.5 Å². The van der Waals surface area contributed by atoms with Crippen molar-refractivity contribution in [2.45, 2.75) is 78.7 Å². The van der Waals surface area contributed by atoms with Gasteiger partial charge in [-0.2, -0.15) is 0 Å². The molecule has 0 saturated carbocycles. The van der Waals surface area contributed by atoms with Crippen LogP contribution in [0.2, 0.25) is 0 Å². The van der Waals surface area contributed by atoms with Gasteiger partial charge in [0.2, 0.25) is 5.91 Å². The van der Waals surface area contributed by atoms with Gasteiger partial charge < -0.3 is 20.0 Å². The summed E-state index contributed by atoms with van der Waals surface area (Å²) in [5.41, 5.74) is 0. The number of nitrogens with one attached hydrogen (secondary N) is 2. The lowest BCUT2D eigenvalue weighted by molar-refractivity contribution is -0.135. The Morgan fingerprint density at radius 2 is 2.03 bits per heavy atom. The van der Waals surface area contributed by atoms with Crippen LogP contribution in [0.5, 0.6) is 0 Å². The molecule has 1 aromatic heterocycles. The summed E-state index contributed by atoms with van der Waals surface area (Å²) in [4.78, 5) is 19.2. The number of hydrogen-bond acceptors (Lipinski definition) is 3. The summed E-state index contributed by atoms with van der Waals surface area (Å²) < 4.78 is 5.44. The number of aliphatic imine (C=N–C) groups is 1. The number of carbonyl (C=O) groups is 1. The van der Waals surface area contributed by atoms with E-state index >= 15 is 0 Å². The SMILES string of the molecule is CCCCC(CC)CN=C(NCCc1ccco1)NC1CCN(C(=O)C(C)C)CC1.I. The largest absolute Gasteiger partial charge is 0.469 e. The minimum atomic E-state index is 0. The standard InChI is InChI=1S/C24H42N4O2.HI/c1-5-7-9-20(6-2)18-26-24(25-14-11-22-10-8-17-30-22)27-21-12-15-28(16-13-21)23(29)19(3)4;/h8,10,17,19-21H,5-7,9,11-16,18H2,1-4H3,(H2,25,26,27);1H. The van der Waals surface area contributed by atoms with E-state index in [0.717, 1.165) is 57.2 Å². The zero-order valence-corrected chi connectivity index (χ0v) is 22.2. The molecule has 7 heteroatoms. The highest BCUT2D eigenvalue weighted by Gasteiger charge is 2.24. The van der Waals surface area contributed by atoms with Crippen LogP contribution in [0.3, 0.4) is 0 Å². The van der Waals surface area contributed by atoms with Crippen molar-refractivity contribution in [2.24, 2.45) is 16.8 Å². The number of unbranched alkanes of at least 4 members (excludes halogenated alkanes) is 1. The molecule has 0 radical (unpaired) electrons. The summed E-state index contributed by atoms with van der Waals surface area (Å²) in [5.74, 6) is 2.85. The average molecular weight is 547 g/mol. The minimum absolute atomic E-state index is 0. The van der Waals surface area contributed by atoms with Crippen LogP contribution < -0.4 is 10.6 Å². The number of halogens is 1. The Bertz CT molecular complexity index is 626. The van der Waals surface area contributed by atoms with Crippen LogP contribution in [0.1, 0.15) is 72.0 Å². The van der Waals surface area contributed by atoms with Gasteiger partial charge in [-0.05, 0) is 37.3 Å². The lowest BCUT2D eigenvalue weighted by Gasteiger charge is -2.34. The van der Waals surface area contributed by atoms with Crippen molar-refractivity contribution in [1.29, 1.82) is 0 Å². The summed E-state index contributed by atoms with van der Waals surface area (Å²) in [6.07, 6.45) is 9.39. The lowest BCUT2D eigenvalue weighted by atomic mass is 10.00. The molecule has 1 aliphatic rings. The van der Waals surface area contributed by atoms with Crippen molar-refractivity contribution in [1.82, 2.24) is 15.5 Å². The van der Waals surface area contributed by atoms with E-state index < -0.39 is 0 Å². The predicted octanol–water partition coefficient (Wildman–Crippen LogP) is 4.84. The lowest BCUT2D eigenvalue weighted by Crippen LogP contribution is -2.50. The first kappa shape index (κ1) is 27.8. The maximum atomic E-state index is 12.2. The molecule has 0 aliphatic carbocycles. The molecule has 2 N–H and O–H groups in total. The minimum Gasteiger partial charge on any atom is -0.469 e. The van der Waals surface area contributed by atoms with E-state index in [0.29, 0.717) is 12.0 Å². The molecule has 178 valence electrons. The highest BCUT2D eigenvalue weighted by Crippen LogP contribution is 2.15. The number of amides is 1. The predicted molar refractivity (Wildman–Crippen MR) is 139 cm³/mol. The maximum absolute atomic E-state index is 12.2. The molecule has 1 fully saturated rings. The smallest absolute Gasteiger partial charge is 0.225 e. The summed E-state index contributed by atoms with van der Waals surface area (Å²) in [6.45, 7) is 11.7. The van der Waals surface area contributed by atoms with E-state index in [-0.39, 0.29) is 35.8 Å². The molecular weight excluding hydrogens is 503 g/mol. The first-order chi connectivity index (χ1) is 14.5. The molecule has 1 unspecified atom stereocenters. The molecule has 0 spiro atoms. The Hall–Kier alpha value is -1.25. The second kappa shape index (κ2) is 15.5.